The Balaban J connectivity index is 0.00000364. The number of benzene rings is 1. The molecule has 2 rings (SSSR count). The van der Waals surface area contributed by atoms with Gasteiger partial charge >= 0.3 is 0 Å². The lowest BCUT2D eigenvalue weighted by Gasteiger charge is -2.34. The summed E-state index contributed by atoms with van der Waals surface area (Å²) in [7, 11) is 1.68. The maximum absolute atomic E-state index is 13.6. The number of carbonyl (C=O) groups excluding carboxylic acids is 1. The molecule has 0 bridgehead atoms. The average molecular weight is 494 g/mol. The highest BCUT2D eigenvalue weighted by atomic mass is 127. The maximum atomic E-state index is 13.6. The van der Waals surface area contributed by atoms with E-state index in [2.05, 4.69) is 15.6 Å². The summed E-state index contributed by atoms with van der Waals surface area (Å²) in [6.45, 7) is 5.75. The third kappa shape index (κ3) is 7.23. The standard InChI is InChI=1S/C19H28F2N4O.HI/c1-13(2)18(26)25-10-7-16(8-11-25)24-19(22-3)23-9-6-14-12-15(20)4-5-17(14)21;/h4-5,12-13,16H,6-11H2,1-3H3,(H2,22,23,24);1H. The van der Waals surface area contributed by atoms with Crippen LogP contribution in [0.2, 0.25) is 0 Å². The molecule has 1 saturated heterocycles. The van der Waals surface area contributed by atoms with Crippen LogP contribution in [0.4, 0.5) is 8.78 Å². The molecule has 1 aromatic carbocycles. The molecule has 0 aromatic heterocycles. The molecule has 1 aromatic rings. The van der Waals surface area contributed by atoms with E-state index in [1.165, 1.54) is 6.07 Å². The molecule has 0 radical (unpaired) electrons. The van der Waals surface area contributed by atoms with Crippen LogP contribution in [-0.2, 0) is 11.2 Å². The molecular formula is C19H29F2IN4O. The second-order valence-electron chi connectivity index (χ2n) is 6.88. The van der Waals surface area contributed by atoms with Gasteiger partial charge < -0.3 is 15.5 Å². The third-order valence-electron chi connectivity index (χ3n) is 4.56. The second kappa shape index (κ2) is 11.4. The highest BCUT2D eigenvalue weighted by Gasteiger charge is 2.24. The molecule has 0 aliphatic carbocycles. The first-order valence-corrected chi connectivity index (χ1v) is 9.10. The van der Waals surface area contributed by atoms with E-state index in [1.807, 2.05) is 18.7 Å². The smallest absolute Gasteiger partial charge is 0.225 e. The van der Waals surface area contributed by atoms with E-state index in [1.54, 1.807) is 7.05 Å². The summed E-state index contributed by atoms with van der Waals surface area (Å²) in [5.41, 5.74) is 0.341. The zero-order valence-electron chi connectivity index (χ0n) is 16.1. The van der Waals surface area contributed by atoms with Crippen LogP contribution < -0.4 is 10.6 Å². The third-order valence-corrected chi connectivity index (χ3v) is 4.56. The van der Waals surface area contributed by atoms with Gasteiger partial charge in [-0.05, 0) is 43.0 Å². The zero-order valence-corrected chi connectivity index (χ0v) is 18.4. The van der Waals surface area contributed by atoms with Crippen LogP contribution in [0.1, 0.15) is 32.3 Å². The van der Waals surface area contributed by atoms with E-state index < -0.39 is 11.6 Å². The van der Waals surface area contributed by atoms with E-state index in [9.17, 15) is 13.6 Å². The highest BCUT2D eigenvalue weighted by Crippen LogP contribution is 2.13. The summed E-state index contributed by atoms with van der Waals surface area (Å²) < 4.78 is 26.8. The molecule has 0 atom stereocenters. The largest absolute Gasteiger partial charge is 0.356 e. The highest BCUT2D eigenvalue weighted by molar-refractivity contribution is 14.0. The fraction of sp³-hybridized carbons (Fsp3) is 0.579. The topological polar surface area (TPSA) is 56.7 Å². The van der Waals surface area contributed by atoms with Gasteiger partial charge in [-0.25, -0.2) is 8.78 Å². The van der Waals surface area contributed by atoms with E-state index in [0.717, 1.165) is 38.1 Å². The Morgan fingerprint density at radius 1 is 1.30 bits per heavy atom. The quantitative estimate of drug-likeness (QED) is 0.376. The van der Waals surface area contributed by atoms with Crippen molar-refractivity contribution in [3.8, 4) is 0 Å². The number of hydrogen-bond donors (Lipinski definition) is 2. The number of hydrogen-bond acceptors (Lipinski definition) is 2. The van der Waals surface area contributed by atoms with E-state index in [4.69, 9.17) is 0 Å². The minimum atomic E-state index is -0.438. The number of rotatable bonds is 5. The summed E-state index contributed by atoms with van der Waals surface area (Å²) in [6.07, 6.45) is 2.08. The van der Waals surface area contributed by atoms with Crippen LogP contribution in [-0.4, -0.2) is 49.5 Å². The van der Waals surface area contributed by atoms with Crippen molar-refractivity contribution in [3.63, 3.8) is 0 Å². The average Bonchev–Trinajstić information content (AvgIpc) is 2.63. The minimum absolute atomic E-state index is 0. The number of nitrogens with zero attached hydrogens (tertiary/aromatic N) is 2. The molecule has 1 aliphatic rings. The van der Waals surface area contributed by atoms with Crippen molar-refractivity contribution >= 4 is 35.8 Å². The molecule has 8 heteroatoms. The molecule has 5 nitrogen and oxygen atoms in total. The van der Waals surface area contributed by atoms with Gasteiger partial charge in [0, 0.05) is 38.6 Å². The Bertz CT molecular complexity index is 647. The van der Waals surface area contributed by atoms with Crippen molar-refractivity contribution in [3.05, 3.63) is 35.4 Å². The molecule has 0 spiro atoms. The number of guanidine groups is 1. The Labute approximate surface area is 177 Å². The van der Waals surface area contributed by atoms with Gasteiger partial charge in [-0.2, -0.15) is 0 Å². The fourth-order valence-corrected chi connectivity index (χ4v) is 3.05. The summed E-state index contributed by atoms with van der Waals surface area (Å²) >= 11 is 0. The van der Waals surface area contributed by atoms with Crippen LogP contribution in [0.15, 0.2) is 23.2 Å². The second-order valence-corrected chi connectivity index (χ2v) is 6.88. The lowest BCUT2D eigenvalue weighted by Crippen LogP contribution is -2.50. The number of likely N-dealkylation sites (tertiary alicyclic amines) is 1. The summed E-state index contributed by atoms with van der Waals surface area (Å²) in [5.74, 6) is 0.0145. The van der Waals surface area contributed by atoms with E-state index in [-0.39, 0.29) is 41.8 Å². The molecule has 27 heavy (non-hydrogen) atoms. The van der Waals surface area contributed by atoms with Crippen LogP contribution in [0.25, 0.3) is 0 Å². The summed E-state index contributed by atoms with van der Waals surface area (Å²) in [4.78, 5) is 18.1. The van der Waals surface area contributed by atoms with Gasteiger partial charge in [-0.3, -0.25) is 9.79 Å². The van der Waals surface area contributed by atoms with E-state index >= 15 is 0 Å². The Hall–Kier alpha value is -1.45. The zero-order chi connectivity index (χ0) is 19.1. The predicted octanol–water partition coefficient (Wildman–Crippen LogP) is 2.94. The normalized spacial score (nSPS) is 15.5. The first kappa shape index (κ1) is 23.6. The first-order chi connectivity index (χ1) is 12.4. The molecule has 2 N–H and O–H groups in total. The van der Waals surface area contributed by atoms with Crippen molar-refractivity contribution < 1.29 is 13.6 Å². The molecule has 1 fully saturated rings. The lowest BCUT2D eigenvalue weighted by atomic mass is 10.0. The number of halogens is 3. The van der Waals surface area contributed by atoms with Crippen molar-refractivity contribution in [2.45, 2.75) is 39.2 Å². The van der Waals surface area contributed by atoms with Gasteiger partial charge in [-0.15, -0.1) is 24.0 Å². The van der Waals surface area contributed by atoms with E-state index in [0.29, 0.717) is 24.5 Å². The maximum Gasteiger partial charge on any atom is 0.225 e. The number of amides is 1. The van der Waals surface area contributed by atoms with Crippen LogP contribution in [0.3, 0.4) is 0 Å². The number of nitrogens with one attached hydrogen (secondary N) is 2. The molecule has 1 amide bonds. The van der Waals surface area contributed by atoms with Crippen molar-refractivity contribution in [1.29, 1.82) is 0 Å². The molecule has 0 unspecified atom stereocenters. The predicted molar refractivity (Wildman–Crippen MR) is 114 cm³/mol. The SMILES string of the molecule is CN=C(NCCc1cc(F)ccc1F)NC1CCN(C(=O)C(C)C)CC1.I. The minimum Gasteiger partial charge on any atom is -0.356 e. The molecule has 0 saturated carbocycles. The van der Waals surface area contributed by atoms with Crippen LogP contribution >= 0.6 is 24.0 Å². The molecule has 1 heterocycles. The number of carbonyl (C=O) groups is 1. The van der Waals surface area contributed by atoms with Gasteiger partial charge in [0.25, 0.3) is 0 Å². The van der Waals surface area contributed by atoms with Gasteiger partial charge in [-0.1, -0.05) is 13.8 Å². The van der Waals surface area contributed by atoms with Crippen molar-refractivity contribution in [1.82, 2.24) is 15.5 Å². The molecule has 1 aliphatic heterocycles. The fourth-order valence-electron chi connectivity index (χ4n) is 3.05. The lowest BCUT2D eigenvalue weighted by molar-refractivity contribution is -0.135. The van der Waals surface area contributed by atoms with Crippen LogP contribution in [0.5, 0.6) is 0 Å². The molecular weight excluding hydrogens is 465 g/mol. The first-order valence-electron chi connectivity index (χ1n) is 9.10. The Morgan fingerprint density at radius 2 is 1.96 bits per heavy atom. The van der Waals surface area contributed by atoms with Crippen molar-refractivity contribution in [2.75, 3.05) is 26.7 Å². The van der Waals surface area contributed by atoms with Gasteiger partial charge in [0.15, 0.2) is 5.96 Å². The van der Waals surface area contributed by atoms with Gasteiger partial charge in [0.1, 0.15) is 11.6 Å². The number of aliphatic imine (C=N–C) groups is 1. The number of piperidine rings is 1. The van der Waals surface area contributed by atoms with Crippen molar-refractivity contribution in [2.24, 2.45) is 10.9 Å². The van der Waals surface area contributed by atoms with Gasteiger partial charge in [0.05, 0.1) is 0 Å². The Kier molecular flexibility index (Phi) is 9.97. The van der Waals surface area contributed by atoms with Crippen LogP contribution in [0, 0.1) is 17.6 Å². The van der Waals surface area contributed by atoms with Gasteiger partial charge in [0.2, 0.25) is 5.91 Å². The monoisotopic (exact) mass is 494 g/mol. The molecule has 152 valence electrons. The summed E-state index contributed by atoms with van der Waals surface area (Å²) in [5, 5.41) is 6.47. The Morgan fingerprint density at radius 3 is 2.56 bits per heavy atom. The summed E-state index contributed by atoms with van der Waals surface area (Å²) in [6, 6.07) is 3.71.